The summed E-state index contributed by atoms with van der Waals surface area (Å²) in [6.45, 7) is 6.51. The molecule has 0 saturated carbocycles. The van der Waals surface area contributed by atoms with Crippen LogP contribution in [0, 0.1) is 11.7 Å². The Morgan fingerprint density at radius 2 is 2.12 bits per heavy atom. The van der Waals surface area contributed by atoms with Gasteiger partial charge < -0.3 is 4.74 Å². The molecule has 1 aromatic carbocycles. The normalized spacial score (nSPS) is 27.4. The Morgan fingerprint density at radius 1 is 1.36 bits per heavy atom. The Balaban J connectivity index is 1.76. The van der Waals surface area contributed by atoms with Crippen LogP contribution < -0.4 is 0 Å². The second kappa shape index (κ2) is 7.48. The Labute approximate surface area is 153 Å². The van der Waals surface area contributed by atoms with E-state index in [1.807, 2.05) is 13.8 Å². The molecule has 0 radical (unpaired) electrons. The van der Waals surface area contributed by atoms with Crippen molar-refractivity contribution in [3.8, 4) is 0 Å². The lowest BCUT2D eigenvalue weighted by molar-refractivity contribution is 0.0454. The molecule has 0 N–H and O–H groups in total. The summed E-state index contributed by atoms with van der Waals surface area (Å²) in [6.07, 6.45) is -0.145. The SMILES string of the molecule is CC(C)CN1[C@@H]2CN(Cc3ccc(Cl)c(F)c3)C[C@@H]2OCCS1(=O)=O. The third kappa shape index (κ3) is 4.34. The van der Waals surface area contributed by atoms with Crippen LogP contribution in [0.15, 0.2) is 18.2 Å². The van der Waals surface area contributed by atoms with Crippen molar-refractivity contribution < 1.29 is 17.5 Å². The van der Waals surface area contributed by atoms with Gasteiger partial charge in [-0.2, -0.15) is 4.31 Å². The van der Waals surface area contributed by atoms with Gasteiger partial charge in [-0.15, -0.1) is 0 Å². The fraction of sp³-hybridized carbons (Fsp3) is 0.647. The zero-order valence-corrected chi connectivity index (χ0v) is 16.1. The molecule has 2 fully saturated rings. The number of nitrogens with zero attached hydrogens (tertiary/aromatic N) is 2. The molecule has 2 aliphatic heterocycles. The highest BCUT2D eigenvalue weighted by molar-refractivity contribution is 7.89. The minimum absolute atomic E-state index is 0.0368. The van der Waals surface area contributed by atoms with Crippen molar-refractivity contribution >= 4 is 21.6 Å². The number of hydrogen-bond acceptors (Lipinski definition) is 4. The van der Waals surface area contributed by atoms with Gasteiger partial charge in [0.15, 0.2) is 0 Å². The number of benzene rings is 1. The van der Waals surface area contributed by atoms with E-state index in [2.05, 4.69) is 4.90 Å². The van der Waals surface area contributed by atoms with Crippen LogP contribution in [-0.2, 0) is 21.3 Å². The van der Waals surface area contributed by atoms with E-state index < -0.39 is 15.8 Å². The standard InChI is InChI=1S/C17H24ClFN2O3S/c1-12(2)8-21-16-10-20(9-13-3-4-14(18)15(19)7-13)11-17(16)24-5-6-25(21,22)23/h3-4,7,12,16-17H,5-6,8-11H2,1-2H3/t16-,17+/m1/s1. The first-order valence-corrected chi connectivity index (χ1v) is 10.5. The second-order valence-electron chi connectivity index (χ2n) is 7.20. The van der Waals surface area contributed by atoms with Crippen LogP contribution in [0.25, 0.3) is 0 Å². The number of ether oxygens (including phenoxy) is 1. The van der Waals surface area contributed by atoms with Crippen molar-refractivity contribution in [1.82, 2.24) is 9.21 Å². The van der Waals surface area contributed by atoms with E-state index in [4.69, 9.17) is 16.3 Å². The van der Waals surface area contributed by atoms with Crippen LogP contribution >= 0.6 is 11.6 Å². The Hall–Kier alpha value is -0.730. The van der Waals surface area contributed by atoms with Crippen molar-refractivity contribution in [2.24, 2.45) is 5.92 Å². The topological polar surface area (TPSA) is 49.9 Å². The number of fused-ring (bicyclic) bond motifs is 1. The van der Waals surface area contributed by atoms with Gasteiger partial charge in [0.05, 0.1) is 29.5 Å². The lowest BCUT2D eigenvalue weighted by Crippen LogP contribution is -2.47. The predicted octanol–water partition coefficient (Wildman–Crippen LogP) is 2.35. The van der Waals surface area contributed by atoms with Gasteiger partial charge in [-0.3, -0.25) is 4.90 Å². The molecular weight excluding hydrogens is 367 g/mol. The number of halogens is 2. The first kappa shape index (κ1) is 19.0. The summed E-state index contributed by atoms with van der Waals surface area (Å²) >= 11 is 5.73. The van der Waals surface area contributed by atoms with E-state index in [0.717, 1.165) is 5.56 Å². The Morgan fingerprint density at radius 3 is 2.80 bits per heavy atom. The number of rotatable bonds is 4. The summed E-state index contributed by atoms with van der Waals surface area (Å²) in [4.78, 5) is 2.12. The zero-order chi connectivity index (χ0) is 18.2. The second-order valence-corrected chi connectivity index (χ2v) is 9.65. The van der Waals surface area contributed by atoms with Gasteiger partial charge in [-0.1, -0.05) is 31.5 Å². The molecule has 0 unspecified atom stereocenters. The minimum Gasteiger partial charge on any atom is -0.374 e. The van der Waals surface area contributed by atoms with Crippen LogP contribution in [0.5, 0.6) is 0 Å². The first-order chi connectivity index (χ1) is 11.8. The highest BCUT2D eigenvalue weighted by Gasteiger charge is 2.44. The van der Waals surface area contributed by atoms with Gasteiger partial charge in [-0.05, 0) is 23.6 Å². The molecule has 0 bridgehead atoms. The molecule has 140 valence electrons. The predicted molar refractivity (Wildman–Crippen MR) is 95.5 cm³/mol. The maximum Gasteiger partial charge on any atom is 0.216 e. The number of likely N-dealkylation sites (tertiary alicyclic amines) is 1. The molecule has 5 nitrogen and oxygen atoms in total. The smallest absolute Gasteiger partial charge is 0.216 e. The van der Waals surface area contributed by atoms with E-state index in [0.29, 0.717) is 26.2 Å². The van der Waals surface area contributed by atoms with Crippen LogP contribution in [0.3, 0.4) is 0 Å². The van der Waals surface area contributed by atoms with Crippen molar-refractivity contribution in [1.29, 1.82) is 0 Å². The summed E-state index contributed by atoms with van der Waals surface area (Å²) in [6, 6.07) is 4.59. The molecule has 0 amide bonds. The highest BCUT2D eigenvalue weighted by atomic mass is 35.5. The van der Waals surface area contributed by atoms with Crippen molar-refractivity contribution in [3.05, 3.63) is 34.6 Å². The van der Waals surface area contributed by atoms with E-state index in [9.17, 15) is 12.8 Å². The first-order valence-electron chi connectivity index (χ1n) is 8.53. The number of hydrogen-bond donors (Lipinski definition) is 0. The molecule has 2 heterocycles. The molecule has 2 saturated heterocycles. The Bertz CT molecular complexity index is 729. The lowest BCUT2D eigenvalue weighted by Gasteiger charge is -2.29. The zero-order valence-electron chi connectivity index (χ0n) is 14.5. The van der Waals surface area contributed by atoms with Gasteiger partial charge in [0, 0.05) is 26.2 Å². The maximum atomic E-state index is 13.6. The third-order valence-corrected chi connectivity index (χ3v) is 6.77. The third-order valence-electron chi connectivity index (χ3n) is 4.65. The molecule has 0 aliphatic carbocycles. The molecule has 0 aromatic heterocycles. The lowest BCUT2D eigenvalue weighted by atomic mass is 10.1. The van der Waals surface area contributed by atoms with Gasteiger partial charge >= 0.3 is 0 Å². The molecule has 25 heavy (non-hydrogen) atoms. The highest BCUT2D eigenvalue weighted by Crippen LogP contribution is 2.27. The maximum absolute atomic E-state index is 13.6. The Kier molecular flexibility index (Phi) is 5.70. The largest absolute Gasteiger partial charge is 0.374 e. The average Bonchev–Trinajstić information content (AvgIpc) is 2.86. The van der Waals surface area contributed by atoms with E-state index >= 15 is 0 Å². The fourth-order valence-corrected chi connectivity index (χ4v) is 5.33. The van der Waals surface area contributed by atoms with Gasteiger partial charge in [0.2, 0.25) is 10.0 Å². The molecule has 2 atom stereocenters. The van der Waals surface area contributed by atoms with Gasteiger partial charge in [0.25, 0.3) is 0 Å². The van der Waals surface area contributed by atoms with E-state index in [-0.39, 0.29) is 35.4 Å². The van der Waals surface area contributed by atoms with Crippen molar-refractivity contribution in [2.45, 2.75) is 32.5 Å². The van der Waals surface area contributed by atoms with E-state index in [1.165, 1.54) is 6.07 Å². The summed E-state index contributed by atoms with van der Waals surface area (Å²) in [5.41, 5.74) is 0.816. The van der Waals surface area contributed by atoms with Gasteiger partial charge in [0.1, 0.15) is 5.82 Å². The summed E-state index contributed by atoms with van der Waals surface area (Å²) < 4.78 is 46.3. The van der Waals surface area contributed by atoms with Crippen LogP contribution in [0.4, 0.5) is 4.39 Å². The quantitative estimate of drug-likeness (QED) is 0.791. The monoisotopic (exact) mass is 390 g/mol. The molecular formula is C17H24ClFN2O3S. The molecule has 0 spiro atoms. The molecule has 3 rings (SSSR count). The molecule has 1 aromatic rings. The van der Waals surface area contributed by atoms with Crippen molar-refractivity contribution in [2.75, 3.05) is 32.0 Å². The van der Waals surface area contributed by atoms with Gasteiger partial charge in [-0.25, -0.2) is 12.8 Å². The fourth-order valence-electron chi connectivity index (χ4n) is 3.54. The van der Waals surface area contributed by atoms with Crippen molar-refractivity contribution in [3.63, 3.8) is 0 Å². The number of sulfonamides is 1. The molecule has 8 heteroatoms. The summed E-state index contributed by atoms with van der Waals surface area (Å²) in [7, 11) is -3.31. The van der Waals surface area contributed by atoms with Crippen LogP contribution in [-0.4, -0.2) is 61.8 Å². The minimum atomic E-state index is -3.31. The van der Waals surface area contributed by atoms with E-state index in [1.54, 1.807) is 16.4 Å². The summed E-state index contributed by atoms with van der Waals surface area (Å²) in [5, 5.41) is 0.105. The van der Waals surface area contributed by atoms with Crippen LogP contribution in [0.1, 0.15) is 19.4 Å². The van der Waals surface area contributed by atoms with Crippen LogP contribution in [0.2, 0.25) is 5.02 Å². The average molecular weight is 391 g/mol. The molecule has 2 aliphatic rings. The summed E-state index contributed by atoms with van der Waals surface area (Å²) in [5.74, 6) is -0.157.